The molecule has 1 fully saturated rings. The first-order valence-corrected chi connectivity index (χ1v) is 6.44. The number of amides is 2. The SMILES string of the molecule is CN(CC(=O)NCC(F)(F)F)C(=O)C1(C)CCNCC1. The minimum absolute atomic E-state index is 0.207. The number of alkyl halides is 3. The molecule has 1 rings (SSSR count). The maximum Gasteiger partial charge on any atom is 0.405 e. The molecule has 0 spiro atoms. The predicted molar refractivity (Wildman–Crippen MR) is 66.9 cm³/mol. The summed E-state index contributed by atoms with van der Waals surface area (Å²) >= 11 is 0. The van der Waals surface area contributed by atoms with Crippen LogP contribution in [-0.2, 0) is 9.59 Å². The molecule has 0 atom stereocenters. The second kappa shape index (κ2) is 6.43. The smallest absolute Gasteiger partial charge is 0.345 e. The Kier molecular flexibility index (Phi) is 5.38. The van der Waals surface area contributed by atoms with Crippen LogP contribution in [0.15, 0.2) is 0 Å². The van der Waals surface area contributed by atoms with Gasteiger partial charge in [-0.05, 0) is 25.9 Å². The summed E-state index contributed by atoms with van der Waals surface area (Å²) in [5, 5.41) is 4.89. The van der Waals surface area contributed by atoms with Gasteiger partial charge in [-0.2, -0.15) is 13.2 Å². The number of hydrogen-bond donors (Lipinski definition) is 2. The molecule has 8 heteroatoms. The van der Waals surface area contributed by atoms with E-state index in [1.807, 2.05) is 6.92 Å². The van der Waals surface area contributed by atoms with Crippen LogP contribution in [0.25, 0.3) is 0 Å². The predicted octanol–water partition coefficient (Wildman–Crippen LogP) is 0.513. The largest absolute Gasteiger partial charge is 0.405 e. The fraction of sp³-hybridized carbons (Fsp3) is 0.833. The van der Waals surface area contributed by atoms with Crippen molar-refractivity contribution in [2.75, 3.05) is 33.2 Å². The van der Waals surface area contributed by atoms with Gasteiger partial charge in [0.1, 0.15) is 6.54 Å². The first kappa shape index (κ1) is 16.7. The lowest BCUT2D eigenvalue weighted by Gasteiger charge is -2.35. The number of carbonyl (C=O) groups is 2. The van der Waals surface area contributed by atoms with Crippen molar-refractivity contribution in [2.45, 2.75) is 25.9 Å². The Labute approximate surface area is 115 Å². The first-order chi connectivity index (χ1) is 9.14. The van der Waals surface area contributed by atoms with Gasteiger partial charge >= 0.3 is 6.18 Å². The lowest BCUT2D eigenvalue weighted by molar-refractivity contribution is -0.146. The minimum atomic E-state index is -4.45. The van der Waals surface area contributed by atoms with Crippen molar-refractivity contribution in [3.63, 3.8) is 0 Å². The molecular formula is C12H20F3N3O2. The summed E-state index contributed by atoms with van der Waals surface area (Å²) in [6.07, 6.45) is -3.14. The quantitative estimate of drug-likeness (QED) is 0.794. The van der Waals surface area contributed by atoms with Gasteiger partial charge in [-0.25, -0.2) is 0 Å². The summed E-state index contributed by atoms with van der Waals surface area (Å²) in [5.74, 6) is -1.02. The van der Waals surface area contributed by atoms with E-state index < -0.39 is 24.0 Å². The zero-order valence-electron chi connectivity index (χ0n) is 11.6. The van der Waals surface area contributed by atoms with E-state index in [0.717, 1.165) is 13.1 Å². The fourth-order valence-electron chi connectivity index (χ4n) is 2.20. The molecule has 2 N–H and O–H groups in total. The Balaban J connectivity index is 2.47. The number of hydrogen-bond acceptors (Lipinski definition) is 3. The van der Waals surface area contributed by atoms with Gasteiger partial charge in [-0.3, -0.25) is 9.59 Å². The Morgan fingerprint density at radius 2 is 1.85 bits per heavy atom. The summed E-state index contributed by atoms with van der Waals surface area (Å²) in [5.41, 5.74) is -0.551. The van der Waals surface area contributed by atoms with Crippen LogP contribution in [-0.4, -0.2) is 56.1 Å². The third-order valence-corrected chi connectivity index (χ3v) is 3.44. The highest BCUT2D eigenvalue weighted by atomic mass is 19.4. The molecule has 1 aliphatic rings. The molecule has 0 aromatic carbocycles. The number of rotatable bonds is 4. The molecule has 0 saturated carbocycles. The van der Waals surface area contributed by atoms with Crippen molar-refractivity contribution >= 4 is 11.8 Å². The van der Waals surface area contributed by atoms with E-state index in [0.29, 0.717) is 12.8 Å². The van der Waals surface area contributed by atoms with Gasteiger partial charge in [-0.1, -0.05) is 6.92 Å². The number of piperidine rings is 1. The molecule has 0 bridgehead atoms. The zero-order valence-corrected chi connectivity index (χ0v) is 11.6. The van der Waals surface area contributed by atoms with Gasteiger partial charge in [0.15, 0.2) is 0 Å². The average Bonchev–Trinajstić information content (AvgIpc) is 2.35. The van der Waals surface area contributed by atoms with E-state index >= 15 is 0 Å². The van der Waals surface area contributed by atoms with Crippen molar-refractivity contribution in [3.8, 4) is 0 Å². The van der Waals surface area contributed by atoms with E-state index in [2.05, 4.69) is 5.32 Å². The van der Waals surface area contributed by atoms with Crippen LogP contribution >= 0.6 is 0 Å². The Hall–Kier alpha value is -1.31. The second-order valence-electron chi connectivity index (χ2n) is 5.36. The maximum absolute atomic E-state index is 12.3. The van der Waals surface area contributed by atoms with E-state index in [9.17, 15) is 22.8 Å². The van der Waals surface area contributed by atoms with Crippen LogP contribution in [0.1, 0.15) is 19.8 Å². The normalized spacial score (nSPS) is 18.4. The van der Waals surface area contributed by atoms with Crippen molar-refractivity contribution in [1.82, 2.24) is 15.5 Å². The van der Waals surface area contributed by atoms with Crippen LogP contribution in [0.4, 0.5) is 13.2 Å². The molecule has 0 radical (unpaired) electrons. The molecule has 116 valence electrons. The minimum Gasteiger partial charge on any atom is -0.345 e. The van der Waals surface area contributed by atoms with Crippen LogP contribution in [0.2, 0.25) is 0 Å². The number of halogens is 3. The molecule has 2 amide bonds. The molecule has 0 aromatic rings. The average molecular weight is 295 g/mol. The topological polar surface area (TPSA) is 61.4 Å². The highest BCUT2D eigenvalue weighted by Gasteiger charge is 2.37. The molecule has 5 nitrogen and oxygen atoms in total. The van der Waals surface area contributed by atoms with Crippen molar-refractivity contribution in [2.24, 2.45) is 5.41 Å². The molecule has 0 aromatic heterocycles. The Morgan fingerprint density at radius 1 is 1.30 bits per heavy atom. The van der Waals surface area contributed by atoms with Gasteiger partial charge < -0.3 is 15.5 Å². The Bertz CT molecular complexity index is 365. The molecule has 0 unspecified atom stereocenters. The maximum atomic E-state index is 12.3. The lowest BCUT2D eigenvalue weighted by atomic mass is 9.80. The van der Waals surface area contributed by atoms with Gasteiger partial charge in [0.25, 0.3) is 0 Å². The summed E-state index contributed by atoms with van der Waals surface area (Å²) in [7, 11) is 1.43. The number of carbonyl (C=O) groups excluding carboxylic acids is 2. The van der Waals surface area contributed by atoms with Crippen LogP contribution < -0.4 is 10.6 Å². The van der Waals surface area contributed by atoms with Crippen LogP contribution in [0.5, 0.6) is 0 Å². The second-order valence-corrected chi connectivity index (χ2v) is 5.36. The lowest BCUT2D eigenvalue weighted by Crippen LogP contribution is -2.49. The third kappa shape index (κ3) is 4.99. The molecule has 1 heterocycles. The molecule has 1 aliphatic heterocycles. The van der Waals surface area contributed by atoms with Crippen LogP contribution in [0.3, 0.4) is 0 Å². The first-order valence-electron chi connectivity index (χ1n) is 6.44. The van der Waals surface area contributed by atoms with E-state index in [1.165, 1.54) is 11.9 Å². The molecular weight excluding hydrogens is 275 g/mol. The highest BCUT2D eigenvalue weighted by molar-refractivity contribution is 5.87. The highest BCUT2D eigenvalue weighted by Crippen LogP contribution is 2.29. The van der Waals surface area contributed by atoms with Gasteiger partial charge in [0, 0.05) is 12.5 Å². The zero-order chi connectivity index (χ0) is 15.4. The third-order valence-electron chi connectivity index (χ3n) is 3.44. The number of nitrogens with one attached hydrogen (secondary N) is 2. The molecule has 20 heavy (non-hydrogen) atoms. The van der Waals surface area contributed by atoms with Crippen LogP contribution in [0, 0.1) is 5.41 Å². The number of likely N-dealkylation sites (N-methyl/N-ethyl adjacent to an activating group) is 1. The van der Waals surface area contributed by atoms with E-state index in [-0.39, 0.29) is 12.5 Å². The van der Waals surface area contributed by atoms with Crippen molar-refractivity contribution < 1.29 is 22.8 Å². The Morgan fingerprint density at radius 3 is 2.35 bits per heavy atom. The van der Waals surface area contributed by atoms with Gasteiger partial charge in [0.2, 0.25) is 11.8 Å². The summed E-state index contributed by atoms with van der Waals surface area (Å²) in [6, 6.07) is 0. The van der Waals surface area contributed by atoms with E-state index in [4.69, 9.17) is 0 Å². The van der Waals surface area contributed by atoms with Crippen molar-refractivity contribution in [3.05, 3.63) is 0 Å². The summed E-state index contributed by atoms with van der Waals surface area (Å²) in [6.45, 7) is 1.51. The molecule has 0 aliphatic carbocycles. The van der Waals surface area contributed by atoms with Gasteiger partial charge in [-0.15, -0.1) is 0 Å². The summed E-state index contributed by atoms with van der Waals surface area (Å²) in [4.78, 5) is 24.8. The monoisotopic (exact) mass is 295 g/mol. The van der Waals surface area contributed by atoms with Crippen molar-refractivity contribution in [1.29, 1.82) is 0 Å². The van der Waals surface area contributed by atoms with E-state index in [1.54, 1.807) is 5.32 Å². The fourth-order valence-corrected chi connectivity index (χ4v) is 2.20. The molecule has 1 saturated heterocycles. The summed E-state index contributed by atoms with van der Waals surface area (Å²) < 4.78 is 35.9. The number of nitrogens with zero attached hydrogens (tertiary/aromatic N) is 1. The van der Waals surface area contributed by atoms with Gasteiger partial charge in [0.05, 0.1) is 6.54 Å². The standard InChI is InChI=1S/C12H20F3N3O2/c1-11(3-5-16-6-4-11)10(20)18(2)7-9(19)17-8-12(13,14)15/h16H,3-8H2,1-2H3,(H,17,19).